The maximum Gasteiger partial charge on any atom is 0.319 e. The predicted octanol–water partition coefficient (Wildman–Crippen LogP) is 4.61. The molecule has 0 spiro atoms. The van der Waals surface area contributed by atoms with Gasteiger partial charge >= 0.3 is 6.03 Å². The molecule has 2 amide bonds. The number of hydrogen-bond donors (Lipinski definition) is 2. The number of urea groups is 1. The second-order valence-electron chi connectivity index (χ2n) is 6.08. The number of ether oxygens (including phenoxy) is 1. The third kappa shape index (κ3) is 5.86. The zero-order valence-electron chi connectivity index (χ0n) is 15.4. The Bertz CT molecular complexity index is 828. The molecule has 0 saturated heterocycles. The summed E-state index contributed by atoms with van der Waals surface area (Å²) in [4.78, 5) is 12.0. The van der Waals surface area contributed by atoms with Gasteiger partial charge in [0.1, 0.15) is 5.75 Å². The van der Waals surface area contributed by atoms with Crippen LogP contribution in [-0.2, 0) is 6.54 Å². The molecule has 2 aromatic heterocycles. The van der Waals surface area contributed by atoms with Crippen LogP contribution >= 0.6 is 11.3 Å². The lowest BCUT2D eigenvalue weighted by Gasteiger charge is -2.09. The van der Waals surface area contributed by atoms with E-state index < -0.39 is 0 Å². The van der Waals surface area contributed by atoms with E-state index in [0.717, 1.165) is 35.5 Å². The molecule has 0 bridgehead atoms. The first-order chi connectivity index (χ1) is 13.2. The second-order valence-corrected chi connectivity index (χ2v) is 6.86. The van der Waals surface area contributed by atoms with E-state index in [-0.39, 0.29) is 6.03 Å². The largest absolute Gasteiger partial charge is 0.494 e. The average Bonchev–Trinajstić information content (AvgIpc) is 3.35. The first kappa shape index (κ1) is 19.0. The van der Waals surface area contributed by atoms with Crippen molar-refractivity contribution in [1.82, 2.24) is 15.1 Å². The van der Waals surface area contributed by atoms with Crippen LogP contribution < -0.4 is 15.4 Å². The molecule has 0 radical (unpaired) electrons. The number of amides is 2. The molecule has 2 N–H and O–H groups in total. The van der Waals surface area contributed by atoms with Crippen molar-refractivity contribution >= 4 is 23.1 Å². The molecule has 0 unspecified atom stereocenters. The van der Waals surface area contributed by atoms with Crippen LogP contribution in [0, 0.1) is 0 Å². The van der Waals surface area contributed by atoms with Gasteiger partial charge in [-0.1, -0.05) is 13.3 Å². The van der Waals surface area contributed by atoms with Crippen molar-refractivity contribution < 1.29 is 9.53 Å². The molecule has 7 heteroatoms. The van der Waals surface area contributed by atoms with Crippen molar-refractivity contribution in [3.63, 3.8) is 0 Å². The number of carbonyl (C=O) groups excluding carboxylic acids is 1. The van der Waals surface area contributed by atoms with Crippen LogP contribution in [0.5, 0.6) is 5.75 Å². The minimum Gasteiger partial charge on any atom is -0.494 e. The highest BCUT2D eigenvalue weighted by atomic mass is 32.1. The number of nitrogens with zero attached hydrogens (tertiary/aromatic N) is 2. The first-order valence-corrected chi connectivity index (χ1v) is 10.0. The number of carbonyl (C=O) groups is 1. The van der Waals surface area contributed by atoms with Gasteiger partial charge in [-0.2, -0.15) is 16.4 Å². The topological polar surface area (TPSA) is 68.2 Å². The molecule has 0 aliphatic rings. The molecular formula is C20H24N4O2S. The summed E-state index contributed by atoms with van der Waals surface area (Å²) in [6, 6.07) is 11.2. The van der Waals surface area contributed by atoms with Gasteiger partial charge in [0.15, 0.2) is 0 Å². The minimum absolute atomic E-state index is 0.236. The number of rotatable bonds is 9. The van der Waals surface area contributed by atoms with Crippen molar-refractivity contribution in [3.8, 4) is 17.0 Å². The fourth-order valence-electron chi connectivity index (χ4n) is 2.48. The molecule has 3 aromatic rings. The standard InChI is InChI=1S/C20H24N4O2S/c1-2-3-13-26-18-6-4-17(5-7-18)22-20(25)21-10-12-24-11-8-19(23-24)16-9-14-27-15-16/h4-9,11,14-15H,2-3,10,12-13H2,1H3,(H2,21,22,25). The SMILES string of the molecule is CCCCOc1ccc(NC(=O)NCCn2ccc(-c3ccsc3)n2)cc1. The summed E-state index contributed by atoms with van der Waals surface area (Å²) in [5, 5.41) is 14.3. The van der Waals surface area contributed by atoms with Gasteiger partial charge in [0, 0.05) is 29.4 Å². The first-order valence-electron chi connectivity index (χ1n) is 9.08. The monoisotopic (exact) mass is 384 g/mol. The lowest BCUT2D eigenvalue weighted by atomic mass is 10.2. The Morgan fingerprint density at radius 3 is 2.81 bits per heavy atom. The second kappa shape index (κ2) is 9.78. The fraction of sp³-hybridized carbons (Fsp3) is 0.300. The lowest BCUT2D eigenvalue weighted by Crippen LogP contribution is -2.31. The third-order valence-electron chi connectivity index (χ3n) is 3.96. The van der Waals surface area contributed by atoms with E-state index in [4.69, 9.17) is 4.74 Å². The van der Waals surface area contributed by atoms with Crippen molar-refractivity contribution in [1.29, 1.82) is 0 Å². The summed E-state index contributed by atoms with van der Waals surface area (Å²) in [5.41, 5.74) is 2.79. The Morgan fingerprint density at radius 1 is 1.22 bits per heavy atom. The summed E-state index contributed by atoms with van der Waals surface area (Å²) < 4.78 is 7.44. The van der Waals surface area contributed by atoms with E-state index in [1.54, 1.807) is 11.3 Å². The quantitative estimate of drug-likeness (QED) is 0.529. The Hall–Kier alpha value is -2.80. The highest BCUT2D eigenvalue weighted by Crippen LogP contribution is 2.19. The Kier molecular flexibility index (Phi) is 6.87. The average molecular weight is 385 g/mol. The number of benzene rings is 1. The van der Waals surface area contributed by atoms with Crippen molar-refractivity contribution in [3.05, 3.63) is 53.4 Å². The van der Waals surface area contributed by atoms with Crippen LogP contribution in [0.3, 0.4) is 0 Å². The summed E-state index contributed by atoms with van der Waals surface area (Å²) in [6.45, 7) is 3.95. The zero-order valence-corrected chi connectivity index (χ0v) is 16.2. The Morgan fingerprint density at radius 2 is 2.07 bits per heavy atom. The molecule has 0 atom stereocenters. The van der Waals surface area contributed by atoms with E-state index in [1.807, 2.05) is 52.7 Å². The van der Waals surface area contributed by atoms with Crippen LogP contribution in [-0.4, -0.2) is 29.0 Å². The molecule has 0 saturated carbocycles. The molecule has 0 fully saturated rings. The summed E-state index contributed by atoms with van der Waals surface area (Å²) in [5.74, 6) is 0.814. The van der Waals surface area contributed by atoms with Gasteiger partial charge in [-0.05, 0) is 48.2 Å². The van der Waals surface area contributed by atoms with Gasteiger partial charge in [-0.25, -0.2) is 4.79 Å². The molecule has 27 heavy (non-hydrogen) atoms. The highest BCUT2D eigenvalue weighted by Gasteiger charge is 2.04. The summed E-state index contributed by atoms with van der Waals surface area (Å²) in [7, 11) is 0. The fourth-order valence-corrected chi connectivity index (χ4v) is 3.13. The van der Waals surface area contributed by atoms with Gasteiger partial charge < -0.3 is 15.4 Å². The maximum absolute atomic E-state index is 12.0. The molecule has 0 aliphatic heterocycles. The number of thiophene rings is 1. The number of aromatic nitrogens is 2. The number of unbranched alkanes of at least 4 members (excludes halogenated alkanes) is 1. The number of hydrogen-bond acceptors (Lipinski definition) is 4. The number of anilines is 1. The van der Waals surface area contributed by atoms with Crippen LogP contribution in [0.1, 0.15) is 19.8 Å². The molecule has 2 heterocycles. The van der Waals surface area contributed by atoms with E-state index in [0.29, 0.717) is 19.7 Å². The molecule has 6 nitrogen and oxygen atoms in total. The molecule has 142 valence electrons. The molecule has 1 aromatic carbocycles. The molecule has 3 rings (SSSR count). The van der Waals surface area contributed by atoms with Gasteiger partial charge in [0.05, 0.1) is 18.8 Å². The smallest absolute Gasteiger partial charge is 0.319 e. The van der Waals surface area contributed by atoms with E-state index in [9.17, 15) is 4.79 Å². The van der Waals surface area contributed by atoms with E-state index in [1.165, 1.54) is 0 Å². The maximum atomic E-state index is 12.0. The molecule has 0 aliphatic carbocycles. The van der Waals surface area contributed by atoms with E-state index >= 15 is 0 Å². The van der Waals surface area contributed by atoms with Gasteiger partial charge in [-0.15, -0.1) is 0 Å². The Labute approximate surface area is 163 Å². The van der Waals surface area contributed by atoms with Gasteiger partial charge in [0.25, 0.3) is 0 Å². The highest BCUT2D eigenvalue weighted by molar-refractivity contribution is 7.08. The van der Waals surface area contributed by atoms with Crippen LogP contribution in [0.15, 0.2) is 53.4 Å². The normalized spacial score (nSPS) is 10.6. The van der Waals surface area contributed by atoms with Crippen molar-refractivity contribution in [2.24, 2.45) is 0 Å². The van der Waals surface area contributed by atoms with E-state index in [2.05, 4.69) is 28.0 Å². The van der Waals surface area contributed by atoms with Crippen molar-refractivity contribution in [2.75, 3.05) is 18.5 Å². The summed E-state index contributed by atoms with van der Waals surface area (Å²) in [6.07, 6.45) is 4.06. The van der Waals surface area contributed by atoms with Crippen molar-refractivity contribution in [2.45, 2.75) is 26.3 Å². The molecular weight excluding hydrogens is 360 g/mol. The predicted molar refractivity (Wildman–Crippen MR) is 109 cm³/mol. The summed E-state index contributed by atoms with van der Waals surface area (Å²) >= 11 is 1.65. The third-order valence-corrected chi connectivity index (χ3v) is 4.65. The van der Waals surface area contributed by atoms with Gasteiger partial charge in [0.2, 0.25) is 0 Å². The lowest BCUT2D eigenvalue weighted by molar-refractivity contribution is 0.251. The van der Waals surface area contributed by atoms with Gasteiger partial charge in [-0.3, -0.25) is 4.68 Å². The van der Waals surface area contributed by atoms with Crippen LogP contribution in [0.4, 0.5) is 10.5 Å². The minimum atomic E-state index is -0.236. The van der Waals surface area contributed by atoms with Crippen LogP contribution in [0.2, 0.25) is 0 Å². The number of nitrogens with one attached hydrogen (secondary N) is 2. The van der Waals surface area contributed by atoms with Crippen LogP contribution in [0.25, 0.3) is 11.3 Å². The Balaban J connectivity index is 1.39. The zero-order chi connectivity index (χ0) is 18.9.